The first-order valence-electron chi connectivity index (χ1n) is 7.01. The van der Waals surface area contributed by atoms with Crippen molar-refractivity contribution in [2.75, 3.05) is 31.7 Å². The number of nitrogens with one attached hydrogen (secondary N) is 1. The van der Waals surface area contributed by atoms with Gasteiger partial charge in [-0.25, -0.2) is 0 Å². The summed E-state index contributed by atoms with van der Waals surface area (Å²) in [5.41, 5.74) is 7.35. The number of nitrogens with two attached hydrogens (primary N) is 1. The van der Waals surface area contributed by atoms with E-state index in [1.807, 2.05) is 31.2 Å². The van der Waals surface area contributed by atoms with Crippen LogP contribution in [0.4, 0.5) is 5.69 Å². The van der Waals surface area contributed by atoms with Crippen LogP contribution in [0, 0.1) is 0 Å². The summed E-state index contributed by atoms with van der Waals surface area (Å²) in [6, 6.07) is 7.56. The van der Waals surface area contributed by atoms with Crippen LogP contribution in [0.15, 0.2) is 24.3 Å². The third-order valence-corrected chi connectivity index (χ3v) is 2.78. The molecule has 1 aromatic rings. The molecule has 0 aliphatic rings. The molecule has 1 amide bonds. The quantitative estimate of drug-likeness (QED) is 0.642. The van der Waals surface area contributed by atoms with Gasteiger partial charge in [-0.3, -0.25) is 4.79 Å². The predicted molar refractivity (Wildman–Crippen MR) is 79.5 cm³/mol. The zero-order valence-corrected chi connectivity index (χ0v) is 12.1. The molecule has 0 saturated carbocycles. The van der Waals surface area contributed by atoms with Gasteiger partial charge in [0.1, 0.15) is 0 Å². The number of rotatable bonds is 10. The number of carbonyl (C=O) groups is 1. The van der Waals surface area contributed by atoms with E-state index < -0.39 is 0 Å². The lowest BCUT2D eigenvalue weighted by Crippen LogP contribution is -2.15. The Kier molecular flexibility index (Phi) is 8.62. The Labute approximate surface area is 120 Å². The van der Waals surface area contributed by atoms with Gasteiger partial charge in [-0.1, -0.05) is 18.2 Å². The minimum Gasteiger partial charge on any atom is -0.379 e. The first-order valence-corrected chi connectivity index (χ1v) is 7.01. The van der Waals surface area contributed by atoms with Gasteiger partial charge in [0.25, 0.3) is 0 Å². The molecule has 5 heteroatoms. The normalized spacial score (nSPS) is 10.5. The highest BCUT2D eigenvalue weighted by atomic mass is 16.5. The average molecular weight is 280 g/mol. The van der Waals surface area contributed by atoms with Crippen molar-refractivity contribution in [2.45, 2.75) is 26.3 Å². The fourth-order valence-corrected chi connectivity index (χ4v) is 1.73. The van der Waals surface area contributed by atoms with E-state index in [4.69, 9.17) is 15.2 Å². The van der Waals surface area contributed by atoms with Gasteiger partial charge in [0.2, 0.25) is 5.91 Å². The second kappa shape index (κ2) is 10.4. The Bertz CT molecular complexity index is 396. The van der Waals surface area contributed by atoms with Gasteiger partial charge in [-0.2, -0.15) is 0 Å². The summed E-state index contributed by atoms with van der Waals surface area (Å²) in [7, 11) is 0. The average Bonchev–Trinajstić information content (AvgIpc) is 2.47. The van der Waals surface area contributed by atoms with Crippen molar-refractivity contribution in [2.24, 2.45) is 5.73 Å². The van der Waals surface area contributed by atoms with Crippen molar-refractivity contribution in [1.29, 1.82) is 0 Å². The molecule has 20 heavy (non-hydrogen) atoms. The summed E-state index contributed by atoms with van der Waals surface area (Å²) in [5.74, 6) is -0.0145. The lowest BCUT2D eigenvalue weighted by atomic mass is 10.1. The van der Waals surface area contributed by atoms with E-state index in [1.54, 1.807) is 0 Å². The van der Waals surface area contributed by atoms with E-state index in [-0.39, 0.29) is 5.91 Å². The first-order chi connectivity index (χ1) is 9.77. The number of hydrogen-bond donors (Lipinski definition) is 2. The number of hydrogen-bond acceptors (Lipinski definition) is 4. The molecule has 1 rings (SSSR count). The molecule has 0 aliphatic heterocycles. The van der Waals surface area contributed by atoms with Crippen LogP contribution < -0.4 is 11.1 Å². The monoisotopic (exact) mass is 280 g/mol. The number of benzene rings is 1. The van der Waals surface area contributed by atoms with Gasteiger partial charge in [0.05, 0.1) is 13.2 Å². The van der Waals surface area contributed by atoms with E-state index in [0.717, 1.165) is 11.3 Å². The van der Waals surface area contributed by atoms with Crippen molar-refractivity contribution >= 4 is 11.6 Å². The molecule has 0 aromatic heterocycles. The SMILES string of the molecule is CCOCCOCCCC(=O)Nc1ccccc1CN. The van der Waals surface area contributed by atoms with Crippen molar-refractivity contribution in [1.82, 2.24) is 0 Å². The maximum atomic E-state index is 11.8. The van der Waals surface area contributed by atoms with Crippen LogP contribution in [0.5, 0.6) is 0 Å². The second-order valence-electron chi connectivity index (χ2n) is 4.32. The Balaban J connectivity index is 2.17. The highest BCUT2D eigenvalue weighted by Crippen LogP contribution is 2.14. The molecule has 0 fully saturated rings. The molecule has 0 bridgehead atoms. The van der Waals surface area contributed by atoms with Crippen molar-refractivity contribution in [3.05, 3.63) is 29.8 Å². The predicted octanol–water partition coefficient (Wildman–Crippen LogP) is 1.92. The molecule has 0 atom stereocenters. The number of ether oxygens (including phenoxy) is 2. The summed E-state index contributed by atoms with van der Waals surface area (Å²) in [5, 5.41) is 2.87. The van der Waals surface area contributed by atoms with Gasteiger partial charge >= 0.3 is 0 Å². The number of carbonyl (C=O) groups excluding carboxylic acids is 1. The molecular formula is C15H24N2O3. The standard InChI is InChI=1S/C15H24N2O3/c1-2-19-10-11-20-9-5-8-15(18)17-14-7-4-3-6-13(14)12-16/h3-4,6-7H,2,5,8-12,16H2,1H3,(H,17,18). The maximum absolute atomic E-state index is 11.8. The van der Waals surface area contributed by atoms with Crippen LogP contribution in [0.3, 0.4) is 0 Å². The van der Waals surface area contributed by atoms with Crippen molar-refractivity contribution < 1.29 is 14.3 Å². The molecule has 0 unspecified atom stereocenters. The molecule has 0 heterocycles. The molecule has 0 radical (unpaired) electrons. The third kappa shape index (κ3) is 6.65. The summed E-state index contributed by atoms with van der Waals surface area (Å²) < 4.78 is 10.5. The molecule has 3 N–H and O–H groups in total. The van der Waals surface area contributed by atoms with Gasteiger partial charge in [-0.15, -0.1) is 0 Å². The van der Waals surface area contributed by atoms with Crippen LogP contribution in [-0.2, 0) is 20.8 Å². The first kappa shape index (κ1) is 16.6. The van der Waals surface area contributed by atoms with Crippen LogP contribution >= 0.6 is 0 Å². The summed E-state index contributed by atoms with van der Waals surface area (Å²) in [4.78, 5) is 11.8. The van der Waals surface area contributed by atoms with Gasteiger partial charge in [-0.05, 0) is 25.0 Å². The molecule has 5 nitrogen and oxygen atoms in total. The molecule has 0 spiro atoms. The fourth-order valence-electron chi connectivity index (χ4n) is 1.73. The summed E-state index contributed by atoms with van der Waals surface area (Å²) in [6.45, 7) is 4.81. The number of anilines is 1. The van der Waals surface area contributed by atoms with Crippen molar-refractivity contribution in [3.63, 3.8) is 0 Å². The van der Waals surface area contributed by atoms with Crippen LogP contribution in [-0.4, -0.2) is 32.3 Å². The van der Waals surface area contributed by atoms with E-state index >= 15 is 0 Å². The van der Waals surface area contributed by atoms with E-state index in [1.165, 1.54) is 0 Å². The van der Waals surface area contributed by atoms with Crippen molar-refractivity contribution in [3.8, 4) is 0 Å². The number of para-hydroxylation sites is 1. The minimum absolute atomic E-state index is 0.0145. The zero-order valence-electron chi connectivity index (χ0n) is 12.1. The lowest BCUT2D eigenvalue weighted by molar-refractivity contribution is -0.116. The highest BCUT2D eigenvalue weighted by molar-refractivity contribution is 5.91. The lowest BCUT2D eigenvalue weighted by Gasteiger charge is -2.09. The van der Waals surface area contributed by atoms with Gasteiger partial charge in [0, 0.05) is 31.9 Å². The Morgan fingerprint density at radius 3 is 2.70 bits per heavy atom. The fraction of sp³-hybridized carbons (Fsp3) is 0.533. The minimum atomic E-state index is -0.0145. The molecule has 112 valence electrons. The van der Waals surface area contributed by atoms with E-state index in [2.05, 4.69) is 5.32 Å². The second-order valence-corrected chi connectivity index (χ2v) is 4.32. The Hall–Kier alpha value is -1.43. The molecule has 0 aliphatic carbocycles. The van der Waals surface area contributed by atoms with Gasteiger partial charge < -0.3 is 20.5 Å². The molecule has 1 aromatic carbocycles. The highest BCUT2D eigenvalue weighted by Gasteiger charge is 2.05. The Morgan fingerprint density at radius 2 is 1.95 bits per heavy atom. The van der Waals surface area contributed by atoms with E-state index in [9.17, 15) is 4.79 Å². The smallest absolute Gasteiger partial charge is 0.224 e. The summed E-state index contributed by atoms with van der Waals surface area (Å²) in [6.07, 6.45) is 1.14. The van der Waals surface area contributed by atoms with E-state index in [0.29, 0.717) is 45.8 Å². The van der Waals surface area contributed by atoms with Crippen LogP contribution in [0.1, 0.15) is 25.3 Å². The largest absolute Gasteiger partial charge is 0.379 e. The number of amides is 1. The topological polar surface area (TPSA) is 73.6 Å². The van der Waals surface area contributed by atoms with Gasteiger partial charge in [0.15, 0.2) is 0 Å². The third-order valence-electron chi connectivity index (χ3n) is 2.78. The van der Waals surface area contributed by atoms with Crippen LogP contribution in [0.25, 0.3) is 0 Å². The molecule has 0 saturated heterocycles. The van der Waals surface area contributed by atoms with Crippen LogP contribution in [0.2, 0.25) is 0 Å². The summed E-state index contributed by atoms with van der Waals surface area (Å²) >= 11 is 0. The Morgan fingerprint density at radius 1 is 1.20 bits per heavy atom. The zero-order chi connectivity index (χ0) is 14.6. The maximum Gasteiger partial charge on any atom is 0.224 e. The molecular weight excluding hydrogens is 256 g/mol.